The van der Waals surface area contributed by atoms with E-state index in [-0.39, 0.29) is 11.9 Å². The lowest BCUT2D eigenvalue weighted by atomic mass is 10.2. The third-order valence-corrected chi connectivity index (χ3v) is 4.34. The molecule has 1 aromatic carbocycles. The van der Waals surface area contributed by atoms with Crippen LogP contribution in [-0.2, 0) is 11.2 Å². The lowest BCUT2D eigenvalue weighted by Crippen LogP contribution is -2.34. The van der Waals surface area contributed by atoms with Crippen LogP contribution in [0.3, 0.4) is 0 Å². The Morgan fingerprint density at radius 1 is 1.39 bits per heavy atom. The molecule has 1 aliphatic rings. The number of nitrogens with one attached hydrogen (secondary N) is 3. The van der Waals surface area contributed by atoms with Gasteiger partial charge in [-0.15, -0.1) is 11.3 Å². The predicted octanol–water partition coefficient (Wildman–Crippen LogP) is 2.83. The van der Waals surface area contributed by atoms with Crippen molar-refractivity contribution in [1.29, 1.82) is 0 Å². The third kappa shape index (κ3) is 3.81. The highest BCUT2D eigenvalue weighted by Crippen LogP contribution is 2.32. The molecule has 2 aromatic rings. The summed E-state index contributed by atoms with van der Waals surface area (Å²) in [4.78, 5) is 24.7. The van der Waals surface area contributed by atoms with Gasteiger partial charge in [-0.25, -0.2) is 4.79 Å². The number of urea groups is 1. The number of carbonyl (C=O) groups excluding carboxylic acids is 2. The van der Waals surface area contributed by atoms with Gasteiger partial charge in [-0.3, -0.25) is 4.79 Å². The Balaban J connectivity index is 1.54. The number of anilines is 2. The Labute approximate surface area is 137 Å². The van der Waals surface area contributed by atoms with Gasteiger partial charge in [-0.05, 0) is 43.0 Å². The molecule has 3 rings (SSSR count). The van der Waals surface area contributed by atoms with Gasteiger partial charge < -0.3 is 20.7 Å². The monoisotopic (exact) mass is 331 g/mol. The van der Waals surface area contributed by atoms with Gasteiger partial charge in [0.15, 0.2) is 6.10 Å². The average Bonchev–Trinajstić information content (AvgIpc) is 3.02. The molecule has 0 spiro atoms. The summed E-state index contributed by atoms with van der Waals surface area (Å²) in [5.41, 5.74) is 1.15. The molecule has 1 atom stereocenters. The molecule has 0 bridgehead atoms. The highest BCUT2D eigenvalue weighted by Gasteiger charge is 2.23. The molecular weight excluding hydrogens is 314 g/mol. The second-order valence-corrected chi connectivity index (χ2v) is 6.20. The van der Waals surface area contributed by atoms with E-state index >= 15 is 0 Å². The molecule has 2 heterocycles. The molecule has 0 fully saturated rings. The Bertz CT molecular complexity index is 715. The molecule has 3 amide bonds. The molecule has 0 radical (unpaired) electrons. The van der Waals surface area contributed by atoms with E-state index in [4.69, 9.17) is 4.74 Å². The summed E-state index contributed by atoms with van der Waals surface area (Å²) in [5.74, 6) is 0.399. The Kier molecular flexibility index (Phi) is 4.47. The van der Waals surface area contributed by atoms with Gasteiger partial charge in [0.1, 0.15) is 5.75 Å². The quantitative estimate of drug-likeness (QED) is 0.806. The van der Waals surface area contributed by atoms with Crippen LogP contribution in [0.1, 0.15) is 11.8 Å². The maximum absolute atomic E-state index is 11.9. The van der Waals surface area contributed by atoms with Gasteiger partial charge in [0.05, 0.1) is 5.69 Å². The van der Waals surface area contributed by atoms with E-state index in [0.29, 0.717) is 23.7 Å². The van der Waals surface area contributed by atoms with Gasteiger partial charge in [-0.1, -0.05) is 6.07 Å². The molecule has 0 saturated heterocycles. The average molecular weight is 331 g/mol. The molecule has 0 saturated carbocycles. The molecule has 1 aliphatic heterocycles. The van der Waals surface area contributed by atoms with Crippen molar-refractivity contribution in [2.24, 2.45) is 0 Å². The van der Waals surface area contributed by atoms with Gasteiger partial charge in [-0.2, -0.15) is 0 Å². The van der Waals surface area contributed by atoms with E-state index in [9.17, 15) is 9.59 Å². The van der Waals surface area contributed by atoms with E-state index in [1.165, 1.54) is 4.88 Å². The molecule has 120 valence electrons. The van der Waals surface area contributed by atoms with Gasteiger partial charge >= 0.3 is 6.03 Å². The zero-order chi connectivity index (χ0) is 16.2. The van der Waals surface area contributed by atoms with Crippen molar-refractivity contribution in [2.45, 2.75) is 19.4 Å². The summed E-state index contributed by atoms with van der Waals surface area (Å²) in [6, 6.07) is 8.90. The first-order valence-electron chi connectivity index (χ1n) is 7.30. The second kappa shape index (κ2) is 6.70. The maximum Gasteiger partial charge on any atom is 0.319 e. The fourth-order valence-corrected chi connectivity index (χ4v) is 2.92. The molecule has 6 nitrogen and oxygen atoms in total. The largest absolute Gasteiger partial charge is 0.479 e. The highest BCUT2D eigenvalue weighted by molar-refractivity contribution is 7.09. The van der Waals surface area contributed by atoms with E-state index in [0.717, 1.165) is 6.42 Å². The minimum Gasteiger partial charge on any atom is -0.479 e. The maximum atomic E-state index is 11.9. The molecular formula is C16H17N3O3S. The Hall–Kier alpha value is -2.54. The second-order valence-electron chi connectivity index (χ2n) is 5.17. The van der Waals surface area contributed by atoms with Crippen LogP contribution in [0.4, 0.5) is 16.2 Å². The van der Waals surface area contributed by atoms with Crippen molar-refractivity contribution in [3.63, 3.8) is 0 Å². The molecule has 1 aromatic heterocycles. The van der Waals surface area contributed by atoms with Crippen molar-refractivity contribution >= 4 is 34.6 Å². The number of ether oxygens (including phenoxy) is 1. The lowest BCUT2D eigenvalue weighted by molar-refractivity contribution is -0.122. The highest BCUT2D eigenvalue weighted by atomic mass is 32.1. The van der Waals surface area contributed by atoms with Crippen LogP contribution < -0.4 is 20.7 Å². The number of hydrogen-bond donors (Lipinski definition) is 3. The Morgan fingerprint density at radius 2 is 2.26 bits per heavy atom. The van der Waals surface area contributed by atoms with E-state index < -0.39 is 6.10 Å². The topological polar surface area (TPSA) is 79.5 Å². The van der Waals surface area contributed by atoms with E-state index in [1.807, 2.05) is 17.5 Å². The van der Waals surface area contributed by atoms with Crippen LogP contribution in [0.25, 0.3) is 0 Å². The minimum absolute atomic E-state index is 0.199. The zero-order valence-corrected chi connectivity index (χ0v) is 13.4. The normalized spacial score (nSPS) is 16.0. The van der Waals surface area contributed by atoms with Crippen molar-refractivity contribution in [1.82, 2.24) is 5.32 Å². The molecule has 0 aliphatic carbocycles. The van der Waals surface area contributed by atoms with E-state index in [1.54, 1.807) is 36.5 Å². The van der Waals surface area contributed by atoms with Gasteiger partial charge in [0, 0.05) is 17.1 Å². The summed E-state index contributed by atoms with van der Waals surface area (Å²) in [7, 11) is 0. The number of fused-ring (bicyclic) bond motifs is 1. The van der Waals surface area contributed by atoms with Gasteiger partial charge in [0.2, 0.25) is 0 Å². The number of hydrogen-bond acceptors (Lipinski definition) is 4. The number of rotatable bonds is 4. The van der Waals surface area contributed by atoms with Crippen LogP contribution in [-0.4, -0.2) is 24.6 Å². The van der Waals surface area contributed by atoms with Crippen LogP contribution in [0.2, 0.25) is 0 Å². The summed E-state index contributed by atoms with van der Waals surface area (Å²) >= 11 is 1.67. The number of benzene rings is 1. The molecule has 7 heteroatoms. The van der Waals surface area contributed by atoms with Crippen molar-refractivity contribution in [3.8, 4) is 5.75 Å². The lowest BCUT2D eigenvalue weighted by Gasteiger charge is -2.23. The van der Waals surface area contributed by atoms with Crippen LogP contribution in [0, 0.1) is 0 Å². The minimum atomic E-state index is -0.512. The Morgan fingerprint density at radius 3 is 3.04 bits per heavy atom. The van der Waals surface area contributed by atoms with Crippen molar-refractivity contribution in [3.05, 3.63) is 40.6 Å². The van der Waals surface area contributed by atoms with E-state index in [2.05, 4.69) is 16.0 Å². The summed E-state index contributed by atoms with van der Waals surface area (Å²) in [5, 5.41) is 10.3. The fourth-order valence-electron chi connectivity index (χ4n) is 2.22. The number of thiophene rings is 1. The number of carbonyl (C=O) groups is 2. The molecule has 23 heavy (non-hydrogen) atoms. The third-order valence-electron chi connectivity index (χ3n) is 3.41. The first-order chi connectivity index (χ1) is 11.1. The fraction of sp³-hybridized carbons (Fsp3) is 0.250. The zero-order valence-electron chi connectivity index (χ0n) is 12.6. The number of amides is 3. The smallest absolute Gasteiger partial charge is 0.319 e. The van der Waals surface area contributed by atoms with Crippen LogP contribution >= 0.6 is 11.3 Å². The molecule has 3 N–H and O–H groups in total. The van der Waals surface area contributed by atoms with Crippen molar-refractivity contribution < 1.29 is 14.3 Å². The summed E-state index contributed by atoms with van der Waals surface area (Å²) < 4.78 is 5.47. The SMILES string of the molecule is CC1Oc2ccc(NC(=O)NCCc3cccs3)cc2NC1=O. The standard InChI is InChI=1S/C16H17N3O3S/c1-10-15(20)19-13-9-11(4-5-14(13)22-10)18-16(21)17-7-6-12-3-2-8-23-12/h2-5,8-10H,6-7H2,1H3,(H,19,20)(H2,17,18,21). The van der Waals surface area contributed by atoms with Gasteiger partial charge in [0.25, 0.3) is 5.91 Å². The predicted molar refractivity (Wildman–Crippen MR) is 90.2 cm³/mol. The van der Waals surface area contributed by atoms with Crippen LogP contribution in [0.5, 0.6) is 5.75 Å². The first-order valence-corrected chi connectivity index (χ1v) is 8.18. The van der Waals surface area contributed by atoms with Crippen molar-refractivity contribution in [2.75, 3.05) is 17.2 Å². The van der Waals surface area contributed by atoms with Crippen LogP contribution in [0.15, 0.2) is 35.7 Å². The summed E-state index contributed by atoms with van der Waals surface area (Å²) in [6.45, 7) is 2.25. The summed E-state index contributed by atoms with van der Waals surface area (Å²) in [6.07, 6.45) is 0.290. The first kappa shape index (κ1) is 15.4. The molecule has 1 unspecified atom stereocenters.